The molecule has 0 bridgehead atoms. The molecule has 196 valence electrons. The molecule has 38 heavy (non-hydrogen) atoms. The maximum Gasteiger partial charge on any atom is 0.252 e. The van der Waals surface area contributed by atoms with E-state index in [0.29, 0.717) is 11.3 Å². The van der Waals surface area contributed by atoms with Crippen LogP contribution in [0, 0.1) is 6.92 Å². The summed E-state index contributed by atoms with van der Waals surface area (Å²) in [5.74, 6) is -0.256. The Morgan fingerprint density at radius 1 is 1.16 bits per heavy atom. The first-order valence-electron chi connectivity index (χ1n) is 12.9. The molecule has 4 heterocycles. The predicted octanol–water partition coefficient (Wildman–Crippen LogP) is 5.09. The van der Waals surface area contributed by atoms with E-state index in [1.54, 1.807) is 28.3 Å². The molecule has 0 aliphatic carbocycles. The Balaban J connectivity index is 1.37. The van der Waals surface area contributed by atoms with Crippen molar-refractivity contribution < 1.29 is 9.59 Å². The van der Waals surface area contributed by atoms with Crippen molar-refractivity contribution in [1.82, 2.24) is 25.4 Å². The van der Waals surface area contributed by atoms with Crippen LogP contribution in [0.4, 0.5) is 5.69 Å². The van der Waals surface area contributed by atoms with Crippen LogP contribution in [0.1, 0.15) is 53.7 Å². The van der Waals surface area contributed by atoms with Crippen LogP contribution < -0.4 is 16.0 Å². The summed E-state index contributed by atoms with van der Waals surface area (Å²) in [6, 6.07) is 13.1. The molecule has 1 unspecified atom stereocenters. The van der Waals surface area contributed by atoms with Crippen molar-refractivity contribution in [3.8, 4) is 21.8 Å². The van der Waals surface area contributed by atoms with E-state index in [2.05, 4.69) is 21.0 Å². The van der Waals surface area contributed by atoms with Crippen molar-refractivity contribution in [1.29, 1.82) is 0 Å². The fourth-order valence-electron chi connectivity index (χ4n) is 4.66. The molecule has 1 aromatic carbocycles. The van der Waals surface area contributed by atoms with Gasteiger partial charge in [0.2, 0.25) is 5.91 Å². The van der Waals surface area contributed by atoms with Gasteiger partial charge >= 0.3 is 0 Å². The number of piperidine rings is 1. The van der Waals surface area contributed by atoms with Gasteiger partial charge in [0.25, 0.3) is 5.91 Å². The second kappa shape index (κ2) is 11.3. The largest absolute Gasteiger partial charge is 0.346 e. The highest BCUT2D eigenvalue weighted by Gasteiger charge is 2.22. The van der Waals surface area contributed by atoms with Crippen molar-refractivity contribution in [2.75, 3.05) is 11.9 Å². The molecular weight excluding hydrogens is 496 g/mol. The van der Waals surface area contributed by atoms with Gasteiger partial charge in [-0.1, -0.05) is 18.6 Å². The monoisotopic (exact) mass is 528 g/mol. The molecule has 8 nitrogen and oxygen atoms in total. The number of thiophene rings is 1. The van der Waals surface area contributed by atoms with E-state index in [0.717, 1.165) is 58.8 Å². The lowest BCUT2D eigenvalue weighted by atomic mass is 10.0. The summed E-state index contributed by atoms with van der Waals surface area (Å²) in [4.78, 5) is 32.0. The van der Waals surface area contributed by atoms with E-state index < -0.39 is 0 Å². The van der Waals surface area contributed by atoms with Crippen LogP contribution in [0.5, 0.6) is 0 Å². The highest BCUT2D eigenvalue weighted by atomic mass is 32.1. The predicted molar refractivity (Wildman–Crippen MR) is 151 cm³/mol. The number of benzene rings is 1. The molecule has 3 aromatic heterocycles. The Labute approximate surface area is 226 Å². The molecule has 0 saturated carbocycles. The molecule has 3 N–H and O–H groups in total. The molecular formula is C29H32N6O2S. The van der Waals surface area contributed by atoms with Crippen molar-refractivity contribution in [2.24, 2.45) is 7.05 Å². The van der Waals surface area contributed by atoms with E-state index in [9.17, 15) is 9.59 Å². The molecule has 1 aliphatic rings. The lowest BCUT2D eigenvalue weighted by Crippen LogP contribution is -2.43. The zero-order chi connectivity index (χ0) is 26.6. The normalized spacial score (nSPS) is 16.1. The van der Waals surface area contributed by atoms with Crippen LogP contribution in [0.2, 0.25) is 0 Å². The van der Waals surface area contributed by atoms with Gasteiger partial charge in [-0.15, -0.1) is 11.3 Å². The minimum atomic E-state index is -0.274. The van der Waals surface area contributed by atoms with E-state index in [4.69, 9.17) is 4.98 Å². The number of carbonyl (C=O) groups excluding carboxylic acids is 2. The lowest BCUT2D eigenvalue weighted by Gasteiger charge is -2.23. The maximum atomic E-state index is 13.4. The quantitative estimate of drug-likeness (QED) is 0.310. The summed E-state index contributed by atoms with van der Waals surface area (Å²) in [6.07, 6.45) is 6.67. The van der Waals surface area contributed by atoms with Crippen LogP contribution in [0.25, 0.3) is 21.8 Å². The summed E-state index contributed by atoms with van der Waals surface area (Å²) < 4.78 is 1.75. The van der Waals surface area contributed by atoms with Gasteiger partial charge in [0.1, 0.15) is 0 Å². The van der Waals surface area contributed by atoms with Crippen molar-refractivity contribution >= 4 is 28.8 Å². The highest BCUT2D eigenvalue weighted by Crippen LogP contribution is 2.30. The van der Waals surface area contributed by atoms with Gasteiger partial charge in [-0.25, -0.2) is 4.98 Å². The molecule has 2 amide bonds. The molecule has 1 aliphatic heterocycles. The minimum Gasteiger partial charge on any atom is -0.346 e. The molecule has 2 atom stereocenters. The van der Waals surface area contributed by atoms with Crippen LogP contribution in [0.15, 0.2) is 60.2 Å². The third-order valence-electron chi connectivity index (χ3n) is 6.85. The average Bonchev–Trinajstić information content (AvgIpc) is 3.62. The summed E-state index contributed by atoms with van der Waals surface area (Å²) in [5, 5.41) is 15.7. The number of hydrogen-bond acceptors (Lipinski definition) is 6. The van der Waals surface area contributed by atoms with E-state index in [1.165, 1.54) is 0 Å². The average molecular weight is 529 g/mol. The molecule has 9 heteroatoms. The van der Waals surface area contributed by atoms with E-state index >= 15 is 0 Å². The number of hydrogen-bond donors (Lipinski definition) is 3. The Morgan fingerprint density at radius 3 is 2.71 bits per heavy atom. The maximum absolute atomic E-state index is 13.4. The Morgan fingerprint density at radius 2 is 2.00 bits per heavy atom. The second-order valence-electron chi connectivity index (χ2n) is 9.77. The Bertz CT molecular complexity index is 1440. The fourth-order valence-corrected chi connectivity index (χ4v) is 5.35. The second-order valence-corrected chi connectivity index (χ2v) is 10.7. The SMILES string of the molecule is Cc1ccc(NC(=O)[C@H]2CCCCN2)cc1C(=O)NC(C)c1cc(-c2cnn(C)c2)nc(-c2cccs2)c1. The van der Waals surface area contributed by atoms with Gasteiger partial charge in [-0.05, 0) is 80.1 Å². The van der Waals surface area contributed by atoms with Gasteiger partial charge < -0.3 is 16.0 Å². The summed E-state index contributed by atoms with van der Waals surface area (Å²) in [6.45, 7) is 4.72. The van der Waals surface area contributed by atoms with Gasteiger partial charge in [-0.3, -0.25) is 14.3 Å². The van der Waals surface area contributed by atoms with Gasteiger partial charge in [0.15, 0.2) is 0 Å². The number of nitrogens with zero attached hydrogens (tertiary/aromatic N) is 3. The number of aromatic nitrogens is 3. The summed E-state index contributed by atoms with van der Waals surface area (Å²) >= 11 is 1.63. The van der Waals surface area contributed by atoms with Crippen molar-refractivity contribution in [3.05, 3.63) is 76.9 Å². The molecule has 1 saturated heterocycles. The van der Waals surface area contributed by atoms with Crippen molar-refractivity contribution in [3.63, 3.8) is 0 Å². The molecule has 0 spiro atoms. The molecule has 4 aromatic rings. The first kappa shape index (κ1) is 25.8. The number of anilines is 1. The molecule has 1 fully saturated rings. The smallest absolute Gasteiger partial charge is 0.252 e. The van der Waals surface area contributed by atoms with E-state index in [-0.39, 0.29) is 23.9 Å². The van der Waals surface area contributed by atoms with Crippen LogP contribution in [0.3, 0.4) is 0 Å². The number of carbonyl (C=O) groups is 2. The van der Waals surface area contributed by atoms with Crippen LogP contribution in [-0.2, 0) is 11.8 Å². The number of pyridine rings is 1. The van der Waals surface area contributed by atoms with Gasteiger partial charge in [0.05, 0.1) is 34.5 Å². The van der Waals surface area contributed by atoms with Crippen LogP contribution in [-0.4, -0.2) is 39.2 Å². The van der Waals surface area contributed by atoms with Crippen molar-refractivity contribution in [2.45, 2.75) is 45.2 Å². The summed E-state index contributed by atoms with van der Waals surface area (Å²) in [5.41, 5.74) is 5.51. The molecule has 5 rings (SSSR count). The number of rotatable bonds is 7. The fraction of sp³-hybridized carbons (Fsp3) is 0.310. The first-order chi connectivity index (χ1) is 18.4. The minimum absolute atomic E-state index is 0.0610. The number of amides is 2. The highest BCUT2D eigenvalue weighted by molar-refractivity contribution is 7.13. The number of aryl methyl sites for hydroxylation is 2. The van der Waals surface area contributed by atoms with E-state index in [1.807, 2.05) is 68.9 Å². The standard InChI is InChI=1S/C29H32N6O2S/c1-18-9-10-22(33-29(37)24-7-4-5-11-30-24)15-23(18)28(36)32-19(2)20-13-25(21-16-31-35(3)17-21)34-26(14-20)27-8-6-12-38-27/h6,8-10,12-17,19,24,30H,4-5,7,11H2,1-3H3,(H,32,36)(H,33,37)/t19?,24-/m1/s1. The zero-order valence-electron chi connectivity index (χ0n) is 21.8. The van der Waals surface area contributed by atoms with Crippen LogP contribution >= 0.6 is 11.3 Å². The number of nitrogens with one attached hydrogen (secondary N) is 3. The zero-order valence-corrected chi connectivity index (χ0v) is 22.6. The third-order valence-corrected chi connectivity index (χ3v) is 7.74. The Hall–Kier alpha value is -3.82. The summed E-state index contributed by atoms with van der Waals surface area (Å²) in [7, 11) is 1.88. The van der Waals surface area contributed by atoms with Gasteiger partial charge in [0, 0.05) is 30.1 Å². The first-order valence-corrected chi connectivity index (χ1v) is 13.8. The van der Waals surface area contributed by atoms with Gasteiger partial charge in [-0.2, -0.15) is 5.10 Å². The molecule has 0 radical (unpaired) electrons. The lowest BCUT2D eigenvalue weighted by molar-refractivity contribution is -0.118. The Kier molecular flexibility index (Phi) is 7.67. The topological polar surface area (TPSA) is 101 Å². The third kappa shape index (κ3) is 5.84.